The van der Waals surface area contributed by atoms with E-state index in [2.05, 4.69) is 0 Å². The number of aliphatic hydroxyl groups excluding tert-OH is 1. The summed E-state index contributed by atoms with van der Waals surface area (Å²) in [7, 11) is 0. The molecule has 1 fully saturated rings. The lowest BCUT2D eigenvalue weighted by Gasteiger charge is -2.29. The van der Waals surface area contributed by atoms with E-state index < -0.39 is 29.4 Å². The maximum atomic E-state index is 14.8. The highest BCUT2D eigenvalue weighted by molar-refractivity contribution is 5.65. The zero-order valence-electron chi connectivity index (χ0n) is 22.1. The van der Waals surface area contributed by atoms with Gasteiger partial charge in [-0.15, -0.1) is 0 Å². The Labute approximate surface area is 222 Å². The molecular formula is C32H36F4O2. The SMILES string of the molecule is CCCC(O)c1ccc(C2CCC(CCc3ccc(-c4ccc(OCC)c(F)c4F)cc3)CC2)c(F)c1F. The predicted octanol–water partition coefficient (Wildman–Crippen LogP) is 9.05. The maximum absolute atomic E-state index is 14.8. The molecule has 0 saturated heterocycles. The first-order valence-electron chi connectivity index (χ1n) is 13.7. The Bertz CT molecular complexity index is 1220. The smallest absolute Gasteiger partial charge is 0.201 e. The summed E-state index contributed by atoms with van der Waals surface area (Å²) in [6.07, 6.45) is 5.47. The van der Waals surface area contributed by atoms with Gasteiger partial charge in [0.15, 0.2) is 23.2 Å². The van der Waals surface area contributed by atoms with E-state index in [0.717, 1.165) is 44.1 Å². The van der Waals surface area contributed by atoms with Gasteiger partial charge in [-0.1, -0.05) is 49.7 Å². The Morgan fingerprint density at radius 1 is 0.816 bits per heavy atom. The van der Waals surface area contributed by atoms with Gasteiger partial charge in [0.05, 0.1) is 12.7 Å². The minimum atomic E-state index is -0.977. The van der Waals surface area contributed by atoms with Crippen LogP contribution in [0, 0.1) is 29.2 Å². The van der Waals surface area contributed by atoms with Crippen LogP contribution in [0.3, 0.4) is 0 Å². The van der Waals surface area contributed by atoms with Crippen molar-refractivity contribution in [2.75, 3.05) is 6.61 Å². The van der Waals surface area contributed by atoms with Gasteiger partial charge in [0.25, 0.3) is 0 Å². The van der Waals surface area contributed by atoms with E-state index in [-0.39, 0.29) is 29.4 Å². The molecule has 1 saturated carbocycles. The summed E-state index contributed by atoms with van der Waals surface area (Å²) < 4.78 is 63.4. The van der Waals surface area contributed by atoms with E-state index in [1.54, 1.807) is 13.0 Å². The van der Waals surface area contributed by atoms with Crippen LogP contribution in [-0.2, 0) is 6.42 Å². The largest absolute Gasteiger partial charge is 0.491 e. The van der Waals surface area contributed by atoms with Gasteiger partial charge in [0, 0.05) is 11.1 Å². The van der Waals surface area contributed by atoms with Crippen LogP contribution in [-0.4, -0.2) is 11.7 Å². The summed E-state index contributed by atoms with van der Waals surface area (Å²) in [6, 6.07) is 13.7. The van der Waals surface area contributed by atoms with Crippen molar-refractivity contribution >= 4 is 0 Å². The summed E-state index contributed by atoms with van der Waals surface area (Å²) in [4.78, 5) is 0. The highest BCUT2D eigenvalue weighted by Crippen LogP contribution is 2.40. The number of benzene rings is 3. The lowest BCUT2D eigenvalue weighted by molar-refractivity contribution is 0.160. The summed E-state index contributed by atoms with van der Waals surface area (Å²) in [5.74, 6) is -3.22. The van der Waals surface area contributed by atoms with E-state index in [1.807, 2.05) is 31.2 Å². The first kappa shape index (κ1) is 28.2. The number of hydrogen-bond acceptors (Lipinski definition) is 2. The lowest BCUT2D eigenvalue weighted by atomic mass is 9.76. The molecule has 3 aromatic rings. The molecule has 3 aromatic carbocycles. The zero-order chi connectivity index (χ0) is 27.2. The molecule has 0 aliphatic heterocycles. The third-order valence-electron chi connectivity index (χ3n) is 7.80. The Morgan fingerprint density at radius 2 is 1.53 bits per heavy atom. The van der Waals surface area contributed by atoms with Crippen LogP contribution in [0.15, 0.2) is 48.5 Å². The fraction of sp³-hybridized carbons (Fsp3) is 0.438. The van der Waals surface area contributed by atoms with Crippen molar-refractivity contribution < 1.29 is 27.4 Å². The second-order valence-corrected chi connectivity index (χ2v) is 10.3. The van der Waals surface area contributed by atoms with Gasteiger partial charge in [0.2, 0.25) is 5.82 Å². The maximum Gasteiger partial charge on any atom is 0.201 e. The molecule has 0 aromatic heterocycles. The molecule has 1 aliphatic rings. The molecule has 1 N–H and O–H groups in total. The minimum absolute atomic E-state index is 0.0122. The quantitative estimate of drug-likeness (QED) is 0.266. The highest BCUT2D eigenvalue weighted by Gasteiger charge is 2.27. The van der Waals surface area contributed by atoms with Crippen molar-refractivity contribution in [2.45, 2.75) is 77.2 Å². The molecule has 0 spiro atoms. The molecular weight excluding hydrogens is 492 g/mol. The van der Waals surface area contributed by atoms with Crippen LogP contribution < -0.4 is 4.74 Å². The van der Waals surface area contributed by atoms with Gasteiger partial charge in [-0.2, -0.15) is 4.39 Å². The monoisotopic (exact) mass is 528 g/mol. The van der Waals surface area contributed by atoms with E-state index in [9.17, 15) is 22.7 Å². The highest BCUT2D eigenvalue weighted by atomic mass is 19.2. The fourth-order valence-electron chi connectivity index (χ4n) is 5.59. The summed E-state index contributed by atoms with van der Waals surface area (Å²) in [6.45, 7) is 3.88. The summed E-state index contributed by atoms with van der Waals surface area (Å²) in [5, 5.41) is 10.1. The molecule has 4 rings (SSSR count). The van der Waals surface area contributed by atoms with Crippen molar-refractivity contribution in [2.24, 2.45) is 5.92 Å². The van der Waals surface area contributed by atoms with Gasteiger partial charge in [-0.25, -0.2) is 13.2 Å². The van der Waals surface area contributed by atoms with Gasteiger partial charge < -0.3 is 9.84 Å². The molecule has 0 bridgehead atoms. The van der Waals surface area contributed by atoms with Crippen LogP contribution in [0.25, 0.3) is 11.1 Å². The first-order chi connectivity index (χ1) is 18.3. The molecule has 6 heteroatoms. The van der Waals surface area contributed by atoms with Gasteiger partial charge in [-0.3, -0.25) is 0 Å². The molecule has 1 unspecified atom stereocenters. The van der Waals surface area contributed by atoms with E-state index in [1.165, 1.54) is 18.2 Å². The Kier molecular flexibility index (Phi) is 9.48. The molecule has 0 amide bonds. The van der Waals surface area contributed by atoms with Crippen LogP contribution in [0.2, 0.25) is 0 Å². The standard InChI is InChI=1S/C32H36F4O2/c1-3-5-27(37)26-17-16-24(29(33)31(26)35)22-12-8-20(9-13-22)6-7-21-10-14-23(15-11-21)25-18-19-28(38-4-2)32(36)30(25)34/h10-11,14-20,22,27,37H,3-9,12-13H2,1-2H3. The molecule has 0 radical (unpaired) electrons. The summed E-state index contributed by atoms with van der Waals surface area (Å²) in [5.41, 5.74) is 2.39. The number of aliphatic hydroxyl groups is 1. The Hall–Kier alpha value is -2.86. The van der Waals surface area contributed by atoms with Gasteiger partial charge in [-0.05, 0) is 92.5 Å². The van der Waals surface area contributed by atoms with Crippen molar-refractivity contribution in [1.29, 1.82) is 0 Å². The van der Waals surface area contributed by atoms with Gasteiger partial charge >= 0.3 is 0 Å². The zero-order valence-corrected chi connectivity index (χ0v) is 22.1. The van der Waals surface area contributed by atoms with Crippen molar-refractivity contribution in [3.8, 4) is 16.9 Å². The second-order valence-electron chi connectivity index (χ2n) is 10.3. The molecule has 1 aliphatic carbocycles. The Balaban J connectivity index is 1.32. The van der Waals surface area contributed by atoms with Crippen LogP contribution >= 0.6 is 0 Å². The molecule has 2 nitrogen and oxygen atoms in total. The average Bonchev–Trinajstić information content (AvgIpc) is 2.93. The van der Waals surface area contributed by atoms with E-state index in [4.69, 9.17) is 4.74 Å². The number of rotatable bonds is 10. The number of halogens is 4. The number of ether oxygens (including phenoxy) is 1. The van der Waals surface area contributed by atoms with Gasteiger partial charge in [0.1, 0.15) is 0 Å². The third kappa shape index (κ3) is 6.23. The lowest BCUT2D eigenvalue weighted by Crippen LogP contribution is -2.16. The van der Waals surface area contributed by atoms with Crippen LogP contribution in [0.1, 0.15) is 87.5 Å². The first-order valence-corrected chi connectivity index (χ1v) is 13.7. The normalized spacial score (nSPS) is 18.4. The van der Waals surface area contributed by atoms with E-state index in [0.29, 0.717) is 29.9 Å². The van der Waals surface area contributed by atoms with Crippen molar-refractivity contribution in [1.82, 2.24) is 0 Å². The molecule has 204 valence electrons. The number of aryl methyl sites for hydroxylation is 1. The van der Waals surface area contributed by atoms with Crippen LogP contribution in [0.4, 0.5) is 17.6 Å². The van der Waals surface area contributed by atoms with Crippen molar-refractivity contribution in [3.05, 3.63) is 88.5 Å². The fourth-order valence-corrected chi connectivity index (χ4v) is 5.59. The molecule has 38 heavy (non-hydrogen) atoms. The second kappa shape index (κ2) is 12.8. The van der Waals surface area contributed by atoms with Crippen molar-refractivity contribution in [3.63, 3.8) is 0 Å². The summed E-state index contributed by atoms with van der Waals surface area (Å²) >= 11 is 0. The molecule has 0 heterocycles. The predicted molar refractivity (Wildman–Crippen MR) is 142 cm³/mol. The average molecular weight is 529 g/mol. The van der Waals surface area contributed by atoms with Crippen LogP contribution in [0.5, 0.6) is 5.75 Å². The van der Waals surface area contributed by atoms with E-state index >= 15 is 0 Å². The topological polar surface area (TPSA) is 29.5 Å². The molecule has 1 atom stereocenters. The minimum Gasteiger partial charge on any atom is -0.491 e. The Morgan fingerprint density at radius 3 is 2.18 bits per heavy atom. The number of hydrogen-bond donors (Lipinski definition) is 1. The third-order valence-corrected chi connectivity index (χ3v) is 7.80.